The van der Waals surface area contributed by atoms with Crippen LogP contribution in [0.1, 0.15) is 26.2 Å². The van der Waals surface area contributed by atoms with Gasteiger partial charge in [0.05, 0.1) is 13.2 Å². The second kappa shape index (κ2) is 7.22. The Morgan fingerprint density at radius 1 is 1.31 bits per heavy atom. The van der Waals surface area contributed by atoms with Gasteiger partial charge in [0.25, 0.3) is 0 Å². The van der Waals surface area contributed by atoms with Gasteiger partial charge in [-0.05, 0) is 32.9 Å². The van der Waals surface area contributed by atoms with Crippen molar-refractivity contribution >= 4 is 11.7 Å². The Bertz CT molecular complexity index is 248. The van der Waals surface area contributed by atoms with Crippen LogP contribution in [-0.2, 0) is 14.4 Å². The van der Waals surface area contributed by atoms with Crippen LogP contribution in [-0.4, -0.2) is 49.9 Å². The molecule has 0 radical (unpaired) electrons. The predicted molar refractivity (Wildman–Crippen MR) is 61.4 cm³/mol. The summed E-state index contributed by atoms with van der Waals surface area (Å²) >= 11 is 0. The smallest absolute Gasteiger partial charge is 0.357 e. The molecule has 1 aliphatic heterocycles. The monoisotopic (exact) mass is 228 g/mol. The minimum atomic E-state index is -0.380. The van der Waals surface area contributed by atoms with Crippen molar-refractivity contribution in [1.29, 1.82) is 0 Å². The zero-order valence-corrected chi connectivity index (χ0v) is 10.1. The molecule has 1 rings (SSSR count). The number of rotatable bonds is 5. The fraction of sp³-hybridized carbons (Fsp3) is 0.818. The lowest BCUT2D eigenvalue weighted by Crippen LogP contribution is -2.37. The highest BCUT2D eigenvalue weighted by atomic mass is 16.6. The molecule has 0 bridgehead atoms. The summed E-state index contributed by atoms with van der Waals surface area (Å²) in [6.07, 6.45) is 3.64. The highest BCUT2D eigenvalue weighted by molar-refractivity contribution is 6.37. The quantitative estimate of drug-likeness (QED) is 0.401. The fourth-order valence-corrected chi connectivity index (χ4v) is 1.78. The van der Waals surface area contributed by atoms with Crippen molar-refractivity contribution in [3.8, 4) is 0 Å². The van der Waals surface area contributed by atoms with Gasteiger partial charge in [-0.2, -0.15) is 0 Å². The molecule has 16 heavy (non-hydrogen) atoms. The number of hydrogen-bond donors (Lipinski definition) is 0. The fourth-order valence-electron chi connectivity index (χ4n) is 1.78. The molecular formula is C11H20N2O3. The average Bonchev–Trinajstić information content (AvgIpc) is 2.30. The standard InChI is InChI=1S/C11H20N2O3/c1-3-16-11(14)10(12-15-2)9-13-7-5-4-6-8-13/h3-9H2,1-2H3/b12-10+. The van der Waals surface area contributed by atoms with Crippen molar-refractivity contribution in [3.05, 3.63) is 0 Å². The molecule has 0 aliphatic carbocycles. The first-order valence-corrected chi connectivity index (χ1v) is 5.77. The topological polar surface area (TPSA) is 51.1 Å². The van der Waals surface area contributed by atoms with E-state index >= 15 is 0 Å². The zero-order chi connectivity index (χ0) is 11.8. The van der Waals surface area contributed by atoms with E-state index in [0.29, 0.717) is 18.9 Å². The van der Waals surface area contributed by atoms with Crippen LogP contribution < -0.4 is 0 Å². The molecule has 0 saturated carbocycles. The van der Waals surface area contributed by atoms with Gasteiger partial charge in [-0.1, -0.05) is 11.6 Å². The maximum absolute atomic E-state index is 11.5. The van der Waals surface area contributed by atoms with Crippen LogP contribution in [0.15, 0.2) is 5.16 Å². The first kappa shape index (κ1) is 13.0. The van der Waals surface area contributed by atoms with E-state index < -0.39 is 0 Å². The Morgan fingerprint density at radius 3 is 2.56 bits per heavy atom. The maximum atomic E-state index is 11.5. The highest BCUT2D eigenvalue weighted by Crippen LogP contribution is 2.08. The number of carbonyl (C=O) groups excluding carboxylic acids is 1. The third-order valence-corrected chi connectivity index (χ3v) is 2.53. The molecular weight excluding hydrogens is 208 g/mol. The molecule has 0 unspecified atom stereocenters. The summed E-state index contributed by atoms with van der Waals surface area (Å²) in [5, 5.41) is 3.74. The van der Waals surface area contributed by atoms with Gasteiger partial charge < -0.3 is 9.57 Å². The number of oxime groups is 1. The van der Waals surface area contributed by atoms with Crippen LogP contribution in [0.25, 0.3) is 0 Å². The molecule has 0 aromatic rings. The van der Waals surface area contributed by atoms with Gasteiger partial charge in [-0.25, -0.2) is 4.79 Å². The zero-order valence-electron chi connectivity index (χ0n) is 10.1. The second-order valence-corrected chi connectivity index (χ2v) is 3.78. The number of esters is 1. The lowest BCUT2D eigenvalue weighted by Gasteiger charge is -2.25. The van der Waals surface area contributed by atoms with E-state index in [0.717, 1.165) is 13.1 Å². The Kier molecular flexibility index (Phi) is 5.85. The first-order valence-electron chi connectivity index (χ1n) is 5.77. The normalized spacial score (nSPS) is 18.2. The van der Waals surface area contributed by atoms with E-state index in [4.69, 9.17) is 4.74 Å². The van der Waals surface area contributed by atoms with Gasteiger partial charge in [-0.15, -0.1) is 0 Å². The van der Waals surface area contributed by atoms with Crippen LogP contribution in [0.2, 0.25) is 0 Å². The van der Waals surface area contributed by atoms with Crippen molar-refractivity contribution in [3.63, 3.8) is 0 Å². The molecule has 5 heteroatoms. The van der Waals surface area contributed by atoms with Crippen molar-refractivity contribution < 1.29 is 14.4 Å². The summed E-state index contributed by atoms with van der Waals surface area (Å²) in [6, 6.07) is 0. The molecule has 0 N–H and O–H groups in total. The third kappa shape index (κ3) is 4.18. The van der Waals surface area contributed by atoms with Gasteiger partial charge in [0, 0.05) is 0 Å². The van der Waals surface area contributed by atoms with Gasteiger partial charge in [0.2, 0.25) is 0 Å². The van der Waals surface area contributed by atoms with E-state index in [-0.39, 0.29) is 5.97 Å². The first-order chi connectivity index (χ1) is 7.77. The molecule has 1 saturated heterocycles. The summed E-state index contributed by atoms with van der Waals surface area (Å²) < 4.78 is 4.92. The van der Waals surface area contributed by atoms with Crippen molar-refractivity contribution in [2.45, 2.75) is 26.2 Å². The number of nitrogens with zero attached hydrogens (tertiary/aromatic N) is 2. The van der Waals surface area contributed by atoms with Gasteiger partial charge in [0.1, 0.15) is 7.11 Å². The SMILES string of the molecule is CCOC(=O)/C(CN1CCCCC1)=N/OC. The molecule has 0 aromatic heterocycles. The summed E-state index contributed by atoms with van der Waals surface area (Å²) in [4.78, 5) is 18.4. The van der Waals surface area contributed by atoms with Crippen LogP contribution in [0.4, 0.5) is 0 Å². The molecule has 1 aliphatic rings. The molecule has 5 nitrogen and oxygen atoms in total. The Labute approximate surface area is 96.4 Å². The molecule has 1 heterocycles. The number of ether oxygens (including phenoxy) is 1. The van der Waals surface area contributed by atoms with Crippen LogP contribution in [0, 0.1) is 0 Å². The number of likely N-dealkylation sites (tertiary alicyclic amines) is 1. The van der Waals surface area contributed by atoms with Gasteiger partial charge in [-0.3, -0.25) is 4.90 Å². The van der Waals surface area contributed by atoms with Crippen LogP contribution in [0.3, 0.4) is 0 Å². The molecule has 0 aromatic carbocycles. The third-order valence-electron chi connectivity index (χ3n) is 2.53. The lowest BCUT2D eigenvalue weighted by atomic mass is 10.1. The van der Waals surface area contributed by atoms with Crippen molar-refractivity contribution in [1.82, 2.24) is 4.90 Å². The summed E-state index contributed by atoms with van der Waals surface area (Å²) in [6.45, 7) is 4.70. The van der Waals surface area contributed by atoms with Crippen LogP contribution in [0.5, 0.6) is 0 Å². The van der Waals surface area contributed by atoms with Crippen molar-refractivity contribution in [2.24, 2.45) is 5.16 Å². The van der Waals surface area contributed by atoms with E-state index in [1.807, 2.05) is 0 Å². The molecule has 1 fully saturated rings. The van der Waals surface area contributed by atoms with Crippen molar-refractivity contribution in [2.75, 3.05) is 33.4 Å². The number of carbonyl (C=O) groups is 1. The van der Waals surface area contributed by atoms with E-state index in [1.165, 1.54) is 26.4 Å². The van der Waals surface area contributed by atoms with Gasteiger partial charge in [0.15, 0.2) is 5.71 Å². The summed E-state index contributed by atoms with van der Waals surface area (Å²) in [7, 11) is 1.44. The largest absolute Gasteiger partial charge is 0.461 e. The van der Waals surface area contributed by atoms with E-state index in [2.05, 4.69) is 14.9 Å². The molecule has 0 spiro atoms. The Hall–Kier alpha value is -1.10. The van der Waals surface area contributed by atoms with Gasteiger partial charge >= 0.3 is 5.97 Å². The Morgan fingerprint density at radius 2 is 2.00 bits per heavy atom. The molecule has 0 atom stereocenters. The summed E-state index contributed by atoms with van der Waals surface area (Å²) in [5.41, 5.74) is 0.353. The van der Waals surface area contributed by atoms with E-state index in [1.54, 1.807) is 6.92 Å². The molecule has 0 amide bonds. The summed E-state index contributed by atoms with van der Waals surface area (Å²) in [5.74, 6) is -0.380. The predicted octanol–water partition coefficient (Wildman–Crippen LogP) is 1.04. The highest BCUT2D eigenvalue weighted by Gasteiger charge is 2.19. The van der Waals surface area contributed by atoms with Crippen LogP contribution >= 0.6 is 0 Å². The molecule has 92 valence electrons. The lowest BCUT2D eigenvalue weighted by molar-refractivity contribution is -0.135. The second-order valence-electron chi connectivity index (χ2n) is 3.78. The number of hydrogen-bond acceptors (Lipinski definition) is 5. The minimum absolute atomic E-state index is 0.353. The maximum Gasteiger partial charge on any atom is 0.357 e. The number of piperidine rings is 1. The minimum Gasteiger partial charge on any atom is -0.461 e. The Balaban J connectivity index is 2.49. The average molecular weight is 228 g/mol. The van der Waals surface area contributed by atoms with E-state index in [9.17, 15) is 4.79 Å².